The van der Waals surface area contributed by atoms with E-state index in [0.29, 0.717) is 18.8 Å². The Labute approximate surface area is 110 Å². The number of hydrogen-bond donors (Lipinski definition) is 3. The molecule has 0 saturated heterocycles. The van der Waals surface area contributed by atoms with Crippen LogP contribution in [-0.2, 0) is 17.8 Å². The Morgan fingerprint density at radius 2 is 2.26 bits per heavy atom. The molecule has 2 heterocycles. The molecule has 98 valence electrons. The zero-order valence-corrected chi connectivity index (χ0v) is 10.6. The van der Waals surface area contributed by atoms with E-state index in [4.69, 9.17) is 5.73 Å². The number of amides is 1. The number of benzene rings is 1. The molecule has 1 aliphatic rings. The average molecular weight is 257 g/mol. The number of anilines is 3. The molecule has 0 bridgehead atoms. The summed E-state index contributed by atoms with van der Waals surface area (Å²) in [4.78, 5) is 13.4. The molecule has 0 aliphatic carbocycles. The van der Waals surface area contributed by atoms with Crippen molar-refractivity contribution in [3.8, 4) is 0 Å². The van der Waals surface area contributed by atoms with Crippen LogP contribution < -0.4 is 16.0 Å². The second-order valence-electron chi connectivity index (χ2n) is 4.74. The van der Waals surface area contributed by atoms with E-state index in [-0.39, 0.29) is 5.91 Å². The zero-order chi connectivity index (χ0) is 13.4. The van der Waals surface area contributed by atoms with Crippen molar-refractivity contribution < 1.29 is 4.79 Å². The van der Waals surface area contributed by atoms with Crippen molar-refractivity contribution in [2.75, 3.05) is 23.0 Å². The summed E-state index contributed by atoms with van der Waals surface area (Å²) in [5.74, 6) is 0.545. The van der Waals surface area contributed by atoms with Gasteiger partial charge in [0, 0.05) is 24.5 Å². The Hall–Kier alpha value is -2.50. The van der Waals surface area contributed by atoms with Crippen LogP contribution in [0.5, 0.6) is 0 Å². The third-order valence-electron chi connectivity index (χ3n) is 3.21. The lowest BCUT2D eigenvalue weighted by Crippen LogP contribution is -2.16. The quantitative estimate of drug-likeness (QED) is 0.769. The number of fused-ring (bicyclic) bond motifs is 1. The predicted molar refractivity (Wildman–Crippen MR) is 73.9 cm³/mol. The van der Waals surface area contributed by atoms with Crippen LogP contribution >= 0.6 is 0 Å². The van der Waals surface area contributed by atoms with Crippen molar-refractivity contribution in [3.05, 3.63) is 35.5 Å². The highest BCUT2D eigenvalue weighted by atomic mass is 16.1. The monoisotopic (exact) mass is 257 g/mol. The van der Waals surface area contributed by atoms with Crippen LogP contribution in [0.3, 0.4) is 0 Å². The van der Waals surface area contributed by atoms with Crippen molar-refractivity contribution in [2.24, 2.45) is 0 Å². The molecule has 4 N–H and O–H groups in total. The molecular weight excluding hydrogens is 242 g/mol. The van der Waals surface area contributed by atoms with E-state index < -0.39 is 0 Å². The molecule has 0 unspecified atom stereocenters. The van der Waals surface area contributed by atoms with Gasteiger partial charge in [0.15, 0.2) is 0 Å². The van der Waals surface area contributed by atoms with Gasteiger partial charge in [-0.1, -0.05) is 0 Å². The number of carbonyl (C=O) groups is 1. The number of rotatable bonds is 3. The number of nitrogens with one attached hydrogen (secondary N) is 2. The predicted octanol–water partition coefficient (Wildman–Crippen LogP) is 1.12. The lowest BCUT2D eigenvalue weighted by molar-refractivity contribution is -0.115. The van der Waals surface area contributed by atoms with Gasteiger partial charge in [0.1, 0.15) is 5.82 Å². The number of aromatic amines is 1. The molecule has 1 amide bonds. The van der Waals surface area contributed by atoms with Crippen molar-refractivity contribution in [2.45, 2.75) is 13.0 Å². The van der Waals surface area contributed by atoms with E-state index >= 15 is 0 Å². The van der Waals surface area contributed by atoms with Crippen molar-refractivity contribution in [3.63, 3.8) is 0 Å². The first-order chi connectivity index (χ1) is 9.11. The minimum Gasteiger partial charge on any atom is -0.382 e. The third-order valence-corrected chi connectivity index (χ3v) is 3.21. The molecule has 0 fully saturated rings. The molecule has 1 aromatic carbocycles. The summed E-state index contributed by atoms with van der Waals surface area (Å²) in [5, 5.41) is 9.61. The molecule has 1 aliphatic heterocycles. The normalized spacial score (nSPS) is 13.2. The fourth-order valence-corrected chi connectivity index (χ4v) is 2.26. The second-order valence-corrected chi connectivity index (χ2v) is 4.74. The van der Waals surface area contributed by atoms with E-state index in [0.717, 1.165) is 22.6 Å². The lowest BCUT2D eigenvalue weighted by atomic mass is 10.1. The van der Waals surface area contributed by atoms with Crippen LogP contribution in [-0.4, -0.2) is 23.2 Å². The Morgan fingerprint density at radius 3 is 3.00 bits per heavy atom. The smallest absolute Gasteiger partial charge is 0.228 e. The van der Waals surface area contributed by atoms with Gasteiger partial charge in [-0.05, 0) is 23.8 Å². The standard InChI is InChI=1S/C13H15N5O/c1-18(7-9-6-12(14)17-16-9)10-2-3-11-8(4-10)5-13(19)15-11/h2-4,6H,5,7H2,1H3,(H,15,19)(H3,14,16,17). The number of nitrogen functional groups attached to an aromatic ring is 1. The highest BCUT2D eigenvalue weighted by Crippen LogP contribution is 2.27. The van der Waals surface area contributed by atoms with Crippen molar-refractivity contribution in [1.29, 1.82) is 0 Å². The third kappa shape index (κ3) is 2.24. The van der Waals surface area contributed by atoms with E-state index in [9.17, 15) is 4.79 Å². The fourth-order valence-electron chi connectivity index (χ4n) is 2.26. The largest absolute Gasteiger partial charge is 0.382 e. The van der Waals surface area contributed by atoms with Crippen LogP contribution in [0.1, 0.15) is 11.3 Å². The molecule has 6 nitrogen and oxygen atoms in total. The Kier molecular flexibility index (Phi) is 2.63. The number of aromatic nitrogens is 2. The fraction of sp³-hybridized carbons (Fsp3) is 0.231. The summed E-state index contributed by atoms with van der Waals surface area (Å²) >= 11 is 0. The molecule has 3 rings (SSSR count). The van der Waals surface area contributed by atoms with Crippen LogP contribution in [0.15, 0.2) is 24.3 Å². The van der Waals surface area contributed by atoms with Gasteiger partial charge in [0.25, 0.3) is 0 Å². The summed E-state index contributed by atoms with van der Waals surface area (Å²) in [6.07, 6.45) is 0.452. The summed E-state index contributed by atoms with van der Waals surface area (Å²) in [6, 6.07) is 7.78. The second kappa shape index (κ2) is 4.31. The van der Waals surface area contributed by atoms with Gasteiger partial charge in [-0.2, -0.15) is 5.10 Å². The lowest BCUT2D eigenvalue weighted by Gasteiger charge is -2.19. The summed E-state index contributed by atoms with van der Waals surface area (Å²) in [7, 11) is 1.99. The number of nitrogens with zero attached hydrogens (tertiary/aromatic N) is 2. The minimum atomic E-state index is 0.0520. The SMILES string of the molecule is CN(Cc1cc(N)n[nH]1)c1ccc2c(c1)CC(=O)N2. The van der Waals surface area contributed by atoms with Gasteiger partial charge in [0.2, 0.25) is 5.91 Å². The number of nitrogens with two attached hydrogens (primary N) is 1. The molecule has 0 saturated carbocycles. The summed E-state index contributed by atoms with van der Waals surface area (Å²) < 4.78 is 0. The highest BCUT2D eigenvalue weighted by molar-refractivity contribution is 5.99. The van der Waals surface area contributed by atoms with Gasteiger partial charge < -0.3 is 16.0 Å². The molecule has 0 spiro atoms. The topological polar surface area (TPSA) is 87.0 Å². The Morgan fingerprint density at radius 1 is 1.42 bits per heavy atom. The number of H-pyrrole nitrogens is 1. The molecular formula is C13H15N5O. The highest BCUT2D eigenvalue weighted by Gasteiger charge is 2.18. The molecule has 0 radical (unpaired) electrons. The van der Waals surface area contributed by atoms with Crippen LogP contribution in [0.4, 0.5) is 17.2 Å². The van der Waals surface area contributed by atoms with Crippen LogP contribution in [0.2, 0.25) is 0 Å². The average Bonchev–Trinajstić information content (AvgIpc) is 2.93. The van der Waals surface area contributed by atoms with Crippen LogP contribution in [0.25, 0.3) is 0 Å². The minimum absolute atomic E-state index is 0.0520. The summed E-state index contributed by atoms with van der Waals surface area (Å²) in [5.41, 5.74) is 9.54. The van der Waals surface area contributed by atoms with E-state index in [2.05, 4.69) is 20.4 Å². The maximum absolute atomic E-state index is 11.3. The van der Waals surface area contributed by atoms with Crippen LogP contribution in [0, 0.1) is 0 Å². The first kappa shape index (κ1) is 11.6. The zero-order valence-electron chi connectivity index (χ0n) is 10.6. The number of hydrogen-bond acceptors (Lipinski definition) is 4. The maximum Gasteiger partial charge on any atom is 0.228 e. The van der Waals surface area contributed by atoms with Gasteiger partial charge >= 0.3 is 0 Å². The van der Waals surface area contributed by atoms with E-state index in [1.807, 2.05) is 31.3 Å². The molecule has 2 aromatic rings. The van der Waals surface area contributed by atoms with Gasteiger partial charge in [-0.15, -0.1) is 0 Å². The van der Waals surface area contributed by atoms with Gasteiger partial charge in [0.05, 0.1) is 18.7 Å². The van der Waals surface area contributed by atoms with Crippen molar-refractivity contribution >= 4 is 23.1 Å². The first-order valence-corrected chi connectivity index (χ1v) is 6.05. The summed E-state index contributed by atoms with van der Waals surface area (Å²) in [6.45, 7) is 0.685. The maximum atomic E-state index is 11.3. The first-order valence-electron chi connectivity index (χ1n) is 6.05. The Balaban J connectivity index is 1.79. The Bertz CT molecular complexity index is 634. The van der Waals surface area contributed by atoms with Gasteiger partial charge in [-0.25, -0.2) is 0 Å². The molecule has 19 heavy (non-hydrogen) atoms. The molecule has 1 aromatic heterocycles. The van der Waals surface area contributed by atoms with E-state index in [1.54, 1.807) is 0 Å². The van der Waals surface area contributed by atoms with Crippen molar-refractivity contribution in [1.82, 2.24) is 10.2 Å². The molecule has 6 heteroatoms. The van der Waals surface area contributed by atoms with Gasteiger partial charge in [-0.3, -0.25) is 9.89 Å². The van der Waals surface area contributed by atoms with E-state index in [1.165, 1.54) is 0 Å². The number of carbonyl (C=O) groups excluding carboxylic acids is 1. The molecule has 0 atom stereocenters.